The molecule has 3 aromatic rings. The second-order valence-electron chi connectivity index (χ2n) is 6.91. The van der Waals surface area contributed by atoms with Crippen molar-refractivity contribution in [1.29, 1.82) is 0 Å². The topological polar surface area (TPSA) is 62.5 Å². The first-order valence-corrected chi connectivity index (χ1v) is 8.79. The van der Waals surface area contributed by atoms with Gasteiger partial charge < -0.3 is 14.3 Å². The Bertz CT molecular complexity index is 1030. The molecular weight excluding hydrogens is 366 g/mol. The number of hydrogen-bond acceptors (Lipinski definition) is 5. The Hall–Kier alpha value is -3.29. The summed E-state index contributed by atoms with van der Waals surface area (Å²) in [5.74, 6) is -1.63. The van der Waals surface area contributed by atoms with E-state index in [-0.39, 0.29) is 24.8 Å². The Labute approximate surface area is 160 Å². The van der Waals surface area contributed by atoms with E-state index in [0.717, 1.165) is 23.4 Å². The van der Waals surface area contributed by atoms with Crippen LogP contribution in [0.5, 0.6) is 0 Å². The summed E-state index contributed by atoms with van der Waals surface area (Å²) in [5, 5.41) is 4.03. The minimum absolute atomic E-state index is 0.176. The van der Waals surface area contributed by atoms with Crippen LogP contribution in [-0.2, 0) is 4.79 Å². The van der Waals surface area contributed by atoms with Gasteiger partial charge in [0.05, 0.1) is 0 Å². The Morgan fingerprint density at radius 3 is 2.71 bits per heavy atom. The van der Waals surface area contributed by atoms with Gasteiger partial charge in [-0.2, -0.15) is 4.98 Å². The van der Waals surface area contributed by atoms with Crippen molar-refractivity contribution in [3.8, 4) is 11.5 Å². The first-order chi connectivity index (χ1) is 13.4. The Balaban J connectivity index is 1.55. The van der Waals surface area contributed by atoms with Gasteiger partial charge in [0.25, 0.3) is 5.89 Å². The predicted octanol–water partition coefficient (Wildman–Crippen LogP) is 3.60. The highest BCUT2D eigenvalue weighted by Crippen LogP contribution is 2.32. The zero-order valence-electron chi connectivity index (χ0n) is 15.4. The van der Waals surface area contributed by atoms with Crippen LogP contribution in [0.25, 0.3) is 11.5 Å². The summed E-state index contributed by atoms with van der Waals surface area (Å²) >= 11 is 0. The molecule has 1 aliphatic heterocycles. The highest BCUT2D eigenvalue weighted by Gasteiger charge is 2.35. The van der Waals surface area contributed by atoms with Gasteiger partial charge in [0.15, 0.2) is 17.5 Å². The maximum absolute atomic E-state index is 13.5. The molecule has 0 spiro atoms. The summed E-state index contributed by atoms with van der Waals surface area (Å²) in [5.41, 5.74) is 2.10. The average molecular weight is 384 g/mol. The van der Waals surface area contributed by atoms with Crippen molar-refractivity contribution in [2.75, 3.05) is 30.4 Å². The summed E-state index contributed by atoms with van der Waals surface area (Å²) in [4.78, 5) is 20.2. The summed E-state index contributed by atoms with van der Waals surface area (Å²) in [6.45, 7) is 0.278. The maximum Gasteiger partial charge on any atom is 0.258 e. The van der Waals surface area contributed by atoms with Gasteiger partial charge in [0, 0.05) is 56.0 Å². The van der Waals surface area contributed by atoms with Crippen LogP contribution >= 0.6 is 0 Å². The van der Waals surface area contributed by atoms with Crippen molar-refractivity contribution in [3.63, 3.8) is 0 Å². The minimum Gasteiger partial charge on any atom is -0.378 e. The van der Waals surface area contributed by atoms with E-state index >= 15 is 0 Å². The van der Waals surface area contributed by atoms with Gasteiger partial charge in [-0.1, -0.05) is 11.2 Å². The molecule has 1 aliphatic rings. The zero-order valence-corrected chi connectivity index (χ0v) is 15.4. The molecule has 1 amide bonds. The number of carbonyl (C=O) groups excluding carboxylic acids is 1. The molecule has 0 bridgehead atoms. The van der Waals surface area contributed by atoms with Crippen LogP contribution in [0.2, 0.25) is 0 Å². The third-order valence-electron chi connectivity index (χ3n) is 4.76. The molecule has 4 rings (SSSR count). The van der Waals surface area contributed by atoms with Crippen LogP contribution in [0.3, 0.4) is 0 Å². The van der Waals surface area contributed by atoms with Gasteiger partial charge in [-0.3, -0.25) is 4.79 Å². The van der Waals surface area contributed by atoms with E-state index in [1.807, 2.05) is 43.3 Å². The third-order valence-corrected chi connectivity index (χ3v) is 4.76. The maximum atomic E-state index is 13.5. The van der Waals surface area contributed by atoms with Crippen molar-refractivity contribution >= 4 is 17.3 Å². The summed E-state index contributed by atoms with van der Waals surface area (Å²) in [6, 6.07) is 11.1. The molecule has 0 radical (unpaired) electrons. The second kappa shape index (κ2) is 7.03. The number of amides is 1. The molecule has 0 aliphatic carbocycles. The third kappa shape index (κ3) is 3.33. The van der Waals surface area contributed by atoms with Crippen molar-refractivity contribution < 1.29 is 18.1 Å². The summed E-state index contributed by atoms with van der Waals surface area (Å²) < 4.78 is 32.0. The van der Waals surface area contributed by atoms with Crippen LogP contribution < -0.4 is 9.80 Å². The summed E-state index contributed by atoms with van der Waals surface area (Å²) in [7, 11) is 3.88. The summed E-state index contributed by atoms with van der Waals surface area (Å²) in [6.07, 6.45) is 0.176. The first-order valence-electron chi connectivity index (χ1n) is 8.79. The number of aromatic nitrogens is 2. The van der Waals surface area contributed by atoms with E-state index in [0.29, 0.717) is 17.4 Å². The van der Waals surface area contributed by atoms with E-state index < -0.39 is 11.6 Å². The van der Waals surface area contributed by atoms with Crippen molar-refractivity contribution in [1.82, 2.24) is 10.1 Å². The van der Waals surface area contributed by atoms with Gasteiger partial charge in [-0.05, 0) is 30.3 Å². The zero-order chi connectivity index (χ0) is 19.8. The van der Waals surface area contributed by atoms with E-state index in [9.17, 15) is 13.6 Å². The van der Waals surface area contributed by atoms with Crippen LogP contribution in [-0.4, -0.2) is 36.7 Å². The fourth-order valence-electron chi connectivity index (χ4n) is 3.22. The number of carbonyl (C=O) groups is 1. The second-order valence-corrected chi connectivity index (χ2v) is 6.91. The largest absolute Gasteiger partial charge is 0.378 e. The Morgan fingerprint density at radius 2 is 1.96 bits per heavy atom. The quantitative estimate of drug-likeness (QED) is 0.688. The van der Waals surface area contributed by atoms with Gasteiger partial charge >= 0.3 is 0 Å². The molecule has 6 nitrogen and oxygen atoms in total. The van der Waals surface area contributed by atoms with E-state index in [1.54, 1.807) is 0 Å². The molecule has 8 heteroatoms. The molecule has 1 atom stereocenters. The number of hydrogen-bond donors (Lipinski definition) is 0. The highest BCUT2D eigenvalue weighted by atomic mass is 19.2. The van der Waals surface area contributed by atoms with Crippen molar-refractivity contribution in [2.24, 2.45) is 0 Å². The molecule has 0 N–H and O–H groups in total. The lowest BCUT2D eigenvalue weighted by atomic mass is 10.1. The fourth-order valence-corrected chi connectivity index (χ4v) is 3.22. The molecule has 1 fully saturated rings. The first kappa shape index (κ1) is 18.1. The SMILES string of the molecule is CN(C)c1cccc(-c2nc(C3CC(=O)N(c4ccc(F)c(F)c4)C3)no2)c1. The van der Waals surface area contributed by atoms with Crippen LogP contribution in [0, 0.1) is 11.6 Å². The van der Waals surface area contributed by atoms with Gasteiger partial charge in [0.1, 0.15) is 0 Å². The monoisotopic (exact) mass is 384 g/mol. The molecule has 1 aromatic heterocycles. The molecular formula is C20H18F2N4O2. The number of rotatable bonds is 4. The molecule has 0 saturated carbocycles. The Morgan fingerprint density at radius 1 is 1.14 bits per heavy atom. The lowest BCUT2D eigenvalue weighted by Gasteiger charge is -2.16. The number of anilines is 2. The van der Waals surface area contributed by atoms with Crippen molar-refractivity contribution in [3.05, 3.63) is 59.9 Å². The molecule has 1 saturated heterocycles. The van der Waals surface area contributed by atoms with E-state index in [4.69, 9.17) is 4.52 Å². The lowest BCUT2D eigenvalue weighted by Crippen LogP contribution is -2.24. The fraction of sp³-hybridized carbons (Fsp3) is 0.250. The normalized spacial score (nSPS) is 16.6. The minimum atomic E-state index is -0.989. The van der Waals surface area contributed by atoms with E-state index in [2.05, 4.69) is 10.1 Å². The van der Waals surface area contributed by atoms with Crippen LogP contribution in [0.15, 0.2) is 47.0 Å². The standard InChI is InChI=1S/C20H18F2N4O2/c1-25(2)14-5-3-4-12(8-14)20-23-19(24-28-20)13-9-18(27)26(11-13)15-6-7-16(21)17(22)10-15/h3-8,10,13H,9,11H2,1-2H3. The van der Waals surface area contributed by atoms with Crippen LogP contribution in [0.1, 0.15) is 18.2 Å². The molecule has 2 heterocycles. The van der Waals surface area contributed by atoms with Crippen LogP contribution in [0.4, 0.5) is 20.2 Å². The smallest absolute Gasteiger partial charge is 0.258 e. The molecule has 144 valence electrons. The molecule has 28 heavy (non-hydrogen) atoms. The molecule has 1 unspecified atom stereocenters. The average Bonchev–Trinajstić information content (AvgIpc) is 3.31. The Kier molecular flexibility index (Phi) is 4.54. The van der Waals surface area contributed by atoms with E-state index in [1.165, 1.54) is 11.0 Å². The lowest BCUT2D eigenvalue weighted by molar-refractivity contribution is -0.117. The molecule has 2 aromatic carbocycles. The highest BCUT2D eigenvalue weighted by molar-refractivity contribution is 5.96. The number of nitrogens with zero attached hydrogens (tertiary/aromatic N) is 4. The number of benzene rings is 2. The van der Waals surface area contributed by atoms with Gasteiger partial charge in [-0.15, -0.1) is 0 Å². The predicted molar refractivity (Wildman–Crippen MR) is 100 cm³/mol. The number of halogens is 2. The van der Waals surface area contributed by atoms with Crippen molar-refractivity contribution in [2.45, 2.75) is 12.3 Å². The van der Waals surface area contributed by atoms with Gasteiger partial charge in [0.2, 0.25) is 5.91 Å². The van der Waals surface area contributed by atoms with Gasteiger partial charge in [-0.25, -0.2) is 8.78 Å².